The predicted octanol–water partition coefficient (Wildman–Crippen LogP) is 7.82. The molecular weight excluding hydrogens is 588 g/mol. The summed E-state index contributed by atoms with van der Waals surface area (Å²) in [6, 6.07) is 27.7. The number of nitriles is 1. The van der Waals surface area contributed by atoms with E-state index >= 15 is 0 Å². The van der Waals surface area contributed by atoms with Crippen molar-refractivity contribution in [3.8, 4) is 11.8 Å². The third kappa shape index (κ3) is 7.32. The first kappa shape index (κ1) is 28.9. The Morgan fingerprint density at radius 2 is 1.63 bits per heavy atom. The second-order valence-corrected chi connectivity index (χ2v) is 9.80. The predicted molar refractivity (Wildman–Crippen MR) is 160 cm³/mol. The number of azo groups is 1. The number of nitro groups is 1. The van der Waals surface area contributed by atoms with E-state index in [1.165, 1.54) is 13.0 Å². The Hall–Kier alpha value is -5.08. The number of nitro benzene ring substituents is 1. The number of ether oxygens (including phenoxy) is 1. The fourth-order valence-corrected chi connectivity index (χ4v) is 4.68. The van der Waals surface area contributed by atoms with Gasteiger partial charge in [-0.15, -0.1) is 10.2 Å². The summed E-state index contributed by atoms with van der Waals surface area (Å²) in [5.41, 5.74) is 3.37. The zero-order chi connectivity index (χ0) is 29.4. The summed E-state index contributed by atoms with van der Waals surface area (Å²) in [7, 11) is 1.54. The monoisotopic (exact) mass is 612 g/mol. The maximum Gasteiger partial charge on any atom is 0.272 e. The molecule has 4 aromatic rings. The number of hydrogen-bond donors (Lipinski definition) is 1. The number of halogens is 1. The van der Waals surface area contributed by atoms with Crippen molar-refractivity contribution in [2.45, 2.75) is 20.0 Å². The zero-order valence-corrected chi connectivity index (χ0v) is 23.8. The summed E-state index contributed by atoms with van der Waals surface area (Å²) in [6.07, 6.45) is 0. The summed E-state index contributed by atoms with van der Waals surface area (Å²) >= 11 is 3.25. The Morgan fingerprint density at radius 1 is 1.02 bits per heavy atom. The normalized spacial score (nSPS) is 10.7. The van der Waals surface area contributed by atoms with E-state index in [-0.39, 0.29) is 33.0 Å². The highest BCUT2D eigenvalue weighted by Crippen LogP contribution is 2.42. The van der Waals surface area contributed by atoms with Gasteiger partial charge in [-0.3, -0.25) is 14.9 Å². The van der Waals surface area contributed by atoms with Crippen LogP contribution in [-0.4, -0.2) is 17.9 Å². The van der Waals surface area contributed by atoms with E-state index in [0.29, 0.717) is 24.5 Å². The van der Waals surface area contributed by atoms with Gasteiger partial charge in [-0.2, -0.15) is 5.26 Å². The van der Waals surface area contributed by atoms with Gasteiger partial charge in [0.1, 0.15) is 23.2 Å². The molecule has 0 unspecified atom stereocenters. The minimum absolute atomic E-state index is 0.0311. The van der Waals surface area contributed by atoms with Crippen molar-refractivity contribution in [1.82, 2.24) is 0 Å². The second-order valence-electron chi connectivity index (χ2n) is 8.94. The van der Waals surface area contributed by atoms with Crippen molar-refractivity contribution in [3.05, 3.63) is 116 Å². The number of nitrogens with zero attached hydrogens (tertiary/aromatic N) is 5. The molecule has 0 aromatic heterocycles. The number of hydrogen-bond acceptors (Lipinski definition) is 8. The molecule has 0 saturated heterocycles. The molecule has 1 N–H and O–H groups in total. The minimum Gasteiger partial charge on any atom is -0.494 e. The Balaban J connectivity index is 1.81. The van der Waals surface area contributed by atoms with Crippen LogP contribution in [0.2, 0.25) is 0 Å². The molecule has 0 saturated carbocycles. The van der Waals surface area contributed by atoms with Gasteiger partial charge in [0.2, 0.25) is 5.91 Å². The highest BCUT2D eigenvalue weighted by atomic mass is 79.9. The number of amides is 1. The van der Waals surface area contributed by atoms with E-state index in [0.717, 1.165) is 22.9 Å². The Morgan fingerprint density at radius 3 is 2.15 bits per heavy atom. The van der Waals surface area contributed by atoms with Gasteiger partial charge in [0, 0.05) is 38.2 Å². The van der Waals surface area contributed by atoms with E-state index in [1.54, 1.807) is 19.2 Å². The smallest absolute Gasteiger partial charge is 0.272 e. The van der Waals surface area contributed by atoms with Gasteiger partial charge in [-0.1, -0.05) is 60.7 Å². The standard InChI is InChI=1S/C30H25BrN6O4/c1-20(38)33-26-15-28(36(18-21-9-5-3-6-10-21)19-22-11-7-4-8-12-22)29(41-2)16-27(26)34-35-30-23(17-32)13-24(37(39)40)14-25(30)31/h3-16H,18-19H2,1-2H3,(H,33,38). The molecule has 0 bridgehead atoms. The lowest BCUT2D eigenvalue weighted by Crippen LogP contribution is -2.23. The van der Waals surface area contributed by atoms with Crippen molar-refractivity contribution < 1.29 is 14.5 Å². The van der Waals surface area contributed by atoms with E-state index in [9.17, 15) is 20.2 Å². The molecule has 4 rings (SSSR count). The quantitative estimate of drug-likeness (QED) is 0.110. The van der Waals surface area contributed by atoms with Gasteiger partial charge >= 0.3 is 0 Å². The summed E-state index contributed by atoms with van der Waals surface area (Å²) in [4.78, 5) is 24.9. The van der Waals surface area contributed by atoms with Gasteiger partial charge in [-0.25, -0.2) is 0 Å². The lowest BCUT2D eigenvalue weighted by atomic mass is 10.1. The Kier molecular flexibility index (Phi) is 9.39. The molecule has 0 aliphatic carbocycles. The lowest BCUT2D eigenvalue weighted by Gasteiger charge is -2.28. The first-order chi connectivity index (χ1) is 19.8. The third-order valence-electron chi connectivity index (χ3n) is 6.02. The van der Waals surface area contributed by atoms with Gasteiger partial charge in [0.25, 0.3) is 5.69 Å². The molecule has 11 heteroatoms. The molecule has 10 nitrogen and oxygen atoms in total. The van der Waals surface area contributed by atoms with Gasteiger partial charge < -0.3 is 15.0 Å². The molecule has 0 aliphatic heterocycles. The number of rotatable bonds is 10. The van der Waals surface area contributed by atoms with Crippen molar-refractivity contribution >= 4 is 50.3 Å². The summed E-state index contributed by atoms with van der Waals surface area (Å²) in [5.74, 6) is 0.174. The molecule has 0 atom stereocenters. The molecule has 41 heavy (non-hydrogen) atoms. The topological polar surface area (TPSA) is 133 Å². The zero-order valence-electron chi connectivity index (χ0n) is 22.2. The van der Waals surface area contributed by atoms with Crippen LogP contribution in [0.1, 0.15) is 23.6 Å². The van der Waals surface area contributed by atoms with Gasteiger partial charge in [0.15, 0.2) is 0 Å². The number of anilines is 2. The average Bonchev–Trinajstić information content (AvgIpc) is 2.96. The van der Waals surface area contributed by atoms with Crippen LogP contribution in [0.25, 0.3) is 0 Å². The van der Waals surface area contributed by atoms with Crippen LogP contribution in [0, 0.1) is 21.4 Å². The first-order valence-corrected chi connectivity index (χ1v) is 13.2. The largest absolute Gasteiger partial charge is 0.494 e. The fraction of sp³-hybridized carbons (Fsp3) is 0.133. The van der Waals surface area contributed by atoms with Crippen LogP contribution >= 0.6 is 15.9 Å². The molecule has 0 aliphatic rings. The van der Waals surface area contributed by atoms with Crippen LogP contribution < -0.4 is 15.0 Å². The lowest BCUT2D eigenvalue weighted by molar-refractivity contribution is -0.384. The molecule has 0 radical (unpaired) electrons. The fourth-order valence-electron chi connectivity index (χ4n) is 4.16. The molecule has 1 amide bonds. The summed E-state index contributed by atoms with van der Waals surface area (Å²) < 4.78 is 6.00. The van der Waals surface area contributed by atoms with Crippen LogP contribution in [0.15, 0.2) is 99.6 Å². The number of benzene rings is 4. The first-order valence-electron chi connectivity index (χ1n) is 12.4. The number of carbonyl (C=O) groups is 1. The van der Waals surface area contributed by atoms with Crippen LogP contribution in [0.3, 0.4) is 0 Å². The molecule has 0 heterocycles. The molecule has 4 aromatic carbocycles. The van der Waals surface area contributed by atoms with Crippen molar-refractivity contribution in [2.75, 3.05) is 17.3 Å². The maximum absolute atomic E-state index is 12.2. The van der Waals surface area contributed by atoms with Crippen molar-refractivity contribution in [3.63, 3.8) is 0 Å². The molecule has 0 spiro atoms. The van der Waals surface area contributed by atoms with E-state index in [4.69, 9.17) is 4.74 Å². The van der Waals surface area contributed by atoms with Crippen LogP contribution in [0.5, 0.6) is 5.75 Å². The van der Waals surface area contributed by atoms with E-state index in [1.807, 2.05) is 66.7 Å². The van der Waals surface area contributed by atoms with Crippen molar-refractivity contribution in [2.24, 2.45) is 10.2 Å². The Bertz CT molecular complexity index is 1600. The number of methoxy groups -OCH3 is 1. The molecular formula is C30H25BrN6O4. The maximum atomic E-state index is 12.2. The minimum atomic E-state index is -0.596. The Labute approximate surface area is 245 Å². The van der Waals surface area contributed by atoms with E-state index in [2.05, 4.69) is 36.4 Å². The highest BCUT2D eigenvalue weighted by molar-refractivity contribution is 9.10. The van der Waals surface area contributed by atoms with Crippen LogP contribution in [-0.2, 0) is 17.9 Å². The summed E-state index contributed by atoms with van der Waals surface area (Å²) in [5, 5.41) is 32.1. The SMILES string of the molecule is COc1cc(N=Nc2c(Br)cc([N+](=O)[O-])cc2C#N)c(NC(C)=O)cc1N(Cc1ccccc1)Cc1ccccc1. The second kappa shape index (κ2) is 13.3. The van der Waals surface area contributed by atoms with Gasteiger partial charge in [-0.05, 0) is 33.1 Å². The number of nitrogens with one attached hydrogen (secondary N) is 1. The average molecular weight is 613 g/mol. The number of non-ortho nitro benzene ring substituents is 1. The number of carbonyl (C=O) groups excluding carboxylic acids is 1. The van der Waals surface area contributed by atoms with Crippen molar-refractivity contribution in [1.29, 1.82) is 5.26 Å². The molecule has 206 valence electrons. The molecule has 0 fully saturated rings. The summed E-state index contributed by atoms with van der Waals surface area (Å²) in [6.45, 7) is 2.51. The van der Waals surface area contributed by atoms with Crippen LogP contribution in [0.4, 0.5) is 28.4 Å². The third-order valence-corrected chi connectivity index (χ3v) is 6.62. The van der Waals surface area contributed by atoms with E-state index < -0.39 is 4.92 Å². The van der Waals surface area contributed by atoms with Gasteiger partial charge in [0.05, 0.1) is 33.4 Å². The highest BCUT2D eigenvalue weighted by Gasteiger charge is 2.20.